The van der Waals surface area contributed by atoms with Crippen molar-refractivity contribution in [1.82, 2.24) is 18.7 Å². The van der Waals surface area contributed by atoms with Crippen LogP contribution in [0.2, 0.25) is 10.0 Å². The summed E-state index contributed by atoms with van der Waals surface area (Å²) in [6, 6.07) is 12.5. The van der Waals surface area contributed by atoms with Crippen molar-refractivity contribution in [3.8, 4) is 42.0 Å². The molecule has 6 aromatic heterocycles. The predicted molar refractivity (Wildman–Crippen MR) is 191 cm³/mol. The third kappa shape index (κ3) is 5.47. The molecule has 11 heteroatoms. The van der Waals surface area contributed by atoms with E-state index in [1.54, 1.807) is 45.3 Å². The Labute approximate surface area is 280 Å². The van der Waals surface area contributed by atoms with Crippen LogP contribution >= 0.6 is 80.3 Å². The Morgan fingerprint density at radius 1 is 0.628 bits per heavy atom. The highest BCUT2D eigenvalue weighted by Crippen LogP contribution is 2.48. The summed E-state index contributed by atoms with van der Waals surface area (Å²) in [5.41, 5.74) is 6.96. The normalized spacial score (nSPS) is 12.1. The van der Waals surface area contributed by atoms with Crippen LogP contribution in [0.4, 0.5) is 0 Å². The third-order valence-electron chi connectivity index (χ3n) is 7.04. The average molecular weight is 698 g/mol. The van der Waals surface area contributed by atoms with Gasteiger partial charge >= 0.3 is 0 Å². The van der Waals surface area contributed by atoms with Gasteiger partial charge in [0.05, 0.1) is 31.5 Å². The monoisotopic (exact) mass is 696 g/mol. The lowest BCUT2D eigenvalue weighted by Gasteiger charge is -2.14. The molecule has 0 saturated carbocycles. The second-order valence-electron chi connectivity index (χ2n) is 11.2. The Morgan fingerprint density at radius 2 is 1.07 bits per heavy atom. The molecular formula is C32H26Cl2N4S5. The number of rotatable bonds is 8. The first-order valence-corrected chi connectivity index (χ1v) is 18.8. The van der Waals surface area contributed by atoms with Crippen molar-refractivity contribution in [3.05, 3.63) is 67.0 Å². The van der Waals surface area contributed by atoms with E-state index in [-0.39, 0.29) is 0 Å². The molecule has 0 aliphatic heterocycles. The molecule has 1 aromatic carbocycles. The molecule has 6 heterocycles. The molecule has 0 aliphatic rings. The summed E-state index contributed by atoms with van der Waals surface area (Å²) >= 11 is 21.7. The predicted octanol–water partition coefficient (Wildman–Crippen LogP) is 12.3. The first-order valence-electron chi connectivity index (χ1n) is 13.9. The minimum Gasteiger partial charge on any atom is -0.242 e. The Morgan fingerprint density at radius 3 is 1.44 bits per heavy atom. The Kier molecular flexibility index (Phi) is 8.18. The zero-order chi connectivity index (χ0) is 29.8. The van der Waals surface area contributed by atoms with Crippen LogP contribution in [0.5, 0.6) is 0 Å². The van der Waals surface area contributed by atoms with E-state index in [2.05, 4.69) is 74.9 Å². The van der Waals surface area contributed by atoms with Crippen molar-refractivity contribution in [2.75, 3.05) is 0 Å². The maximum atomic E-state index is 6.84. The van der Waals surface area contributed by atoms with Gasteiger partial charge in [-0.1, -0.05) is 63.0 Å². The Bertz CT molecular complexity index is 1920. The van der Waals surface area contributed by atoms with Crippen molar-refractivity contribution in [1.29, 1.82) is 0 Å². The van der Waals surface area contributed by atoms with Gasteiger partial charge in [0, 0.05) is 30.6 Å². The van der Waals surface area contributed by atoms with E-state index in [0.717, 1.165) is 87.0 Å². The zero-order valence-corrected chi connectivity index (χ0v) is 29.4. The highest BCUT2D eigenvalue weighted by molar-refractivity contribution is 7.17. The molecule has 0 atom stereocenters. The fraction of sp³-hybridized carbons (Fsp3) is 0.250. The number of halogens is 2. The number of fused-ring (bicyclic) bond motifs is 2. The van der Waals surface area contributed by atoms with Crippen molar-refractivity contribution < 1.29 is 0 Å². The summed E-state index contributed by atoms with van der Waals surface area (Å²) in [5.74, 6) is 0.982. The van der Waals surface area contributed by atoms with Crippen LogP contribution in [0.3, 0.4) is 0 Å². The lowest BCUT2D eigenvalue weighted by Crippen LogP contribution is -1.98. The van der Waals surface area contributed by atoms with Crippen LogP contribution in [0.15, 0.2) is 47.2 Å². The number of nitrogens with zero attached hydrogens (tertiary/aromatic N) is 4. The van der Waals surface area contributed by atoms with E-state index in [0.29, 0.717) is 11.8 Å². The van der Waals surface area contributed by atoms with Crippen molar-refractivity contribution >= 4 is 102 Å². The summed E-state index contributed by atoms with van der Waals surface area (Å²) in [4.78, 5) is 17.6. The van der Waals surface area contributed by atoms with Gasteiger partial charge in [-0.15, -0.1) is 45.3 Å². The van der Waals surface area contributed by atoms with E-state index in [1.807, 2.05) is 0 Å². The molecule has 0 bridgehead atoms. The molecule has 0 radical (unpaired) electrons. The molecule has 0 fully saturated rings. The second kappa shape index (κ2) is 11.9. The van der Waals surface area contributed by atoms with Gasteiger partial charge in [0.25, 0.3) is 0 Å². The highest BCUT2D eigenvalue weighted by Gasteiger charge is 2.27. The molecular weight excluding hydrogens is 672 g/mol. The lowest BCUT2D eigenvalue weighted by molar-refractivity contribution is 0.654. The molecule has 7 rings (SSSR count). The van der Waals surface area contributed by atoms with Crippen LogP contribution in [0.1, 0.15) is 37.4 Å². The third-order valence-corrected chi connectivity index (χ3v) is 12.6. The Balaban J connectivity index is 1.60. The largest absolute Gasteiger partial charge is 0.242 e. The van der Waals surface area contributed by atoms with Gasteiger partial charge in [-0.25, -0.2) is 9.97 Å². The van der Waals surface area contributed by atoms with E-state index in [4.69, 9.17) is 41.9 Å². The molecule has 43 heavy (non-hydrogen) atoms. The number of thiophene rings is 4. The number of aromatic nitrogens is 4. The number of hydrogen-bond donors (Lipinski definition) is 0. The summed E-state index contributed by atoms with van der Waals surface area (Å²) < 4.78 is 9.62. The van der Waals surface area contributed by atoms with E-state index in [9.17, 15) is 0 Å². The first-order chi connectivity index (χ1) is 20.8. The molecule has 0 N–H and O–H groups in total. The van der Waals surface area contributed by atoms with Crippen molar-refractivity contribution in [2.45, 2.75) is 40.5 Å². The molecule has 4 nitrogen and oxygen atoms in total. The van der Waals surface area contributed by atoms with Crippen molar-refractivity contribution in [3.63, 3.8) is 0 Å². The van der Waals surface area contributed by atoms with Gasteiger partial charge in [-0.2, -0.15) is 8.75 Å². The second-order valence-corrected chi connectivity index (χ2v) is 16.8. The van der Waals surface area contributed by atoms with Gasteiger partial charge in [0.1, 0.15) is 33.5 Å². The van der Waals surface area contributed by atoms with Gasteiger partial charge in [0.2, 0.25) is 0 Å². The molecule has 0 amide bonds. The minimum absolute atomic E-state index is 0.491. The number of hydrogen-bond acceptors (Lipinski definition) is 9. The van der Waals surface area contributed by atoms with Crippen LogP contribution in [0, 0.1) is 11.8 Å². The minimum atomic E-state index is 0.491. The average Bonchev–Trinajstić information content (AvgIpc) is 3.79. The maximum Gasteiger partial charge on any atom is 0.116 e. The van der Waals surface area contributed by atoms with Crippen LogP contribution in [-0.4, -0.2) is 18.7 Å². The molecule has 0 saturated heterocycles. The molecule has 0 spiro atoms. The molecule has 218 valence electrons. The van der Waals surface area contributed by atoms with Gasteiger partial charge in [-0.3, -0.25) is 0 Å². The van der Waals surface area contributed by atoms with Crippen LogP contribution in [-0.2, 0) is 12.8 Å². The Hall–Kier alpha value is -2.24. The molecule has 7 aromatic rings. The van der Waals surface area contributed by atoms with E-state index >= 15 is 0 Å². The topological polar surface area (TPSA) is 51.6 Å². The molecule has 0 aliphatic carbocycles. The fourth-order valence-electron chi connectivity index (χ4n) is 5.24. The molecule has 0 unspecified atom stereocenters. The SMILES string of the molecule is CC(C)Cc1sc(-c2nc3c(-c4cccs4)c4nsnc4c(-c4cccs4)c3nc2-c2cc(Cl)c(CC(C)C)s2)cc1Cl. The van der Waals surface area contributed by atoms with Crippen LogP contribution < -0.4 is 0 Å². The summed E-state index contributed by atoms with van der Waals surface area (Å²) in [7, 11) is 0. The smallest absolute Gasteiger partial charge is 0.116 e. The van der Waals surface area contributed by atoms with Gasteiger partial charge < -0.3 is 0 Å². The summed E-state index contributed by atoms with van der Waals surface area (Å²) in [6.45, 7) is 8.86. The van der Waals surface area contributed by atoms with Gasteiger partial charge in [-0.05, 0) is 59.7 Å². The zero-order valence-electron chi connectivity index (χ0n) is 23.8. The van der Waals surface area contributed by atoms with E-state index < -0.39 is 0 Å². The maximum absolute atomic E-state index is 6.84. The lowest BCUT2D eigenvalue weighted by atomic mass is 10.0. The van der Waals surface area contributed by atoms with E-state index in [1.165, 1.54) is 21.5 Å². The fourth-order valence-corrected chi connectivity index (χ4v) is 10.6. The number of benzene rings is 1. The summed E-state index contributed by atoms with van der Waals surface area (Å²) in [5, 5.41) is 5.74. The van der Waals surface area contributed by atoms with Crippen molar-refractivity contribution in [2.24, 2.45) is 11.8 Å². The quantitative estimate of drug-likeness (QED) is 0.159. The first kappa shape index (κ1) is 29.5. The van der Waals surface area contributed by atoms with Gasteiger partial charge in [0.15, 0.2) is 0 Å². The standard InChI is InChI=1S/C32H26Cl2N4S5/c1-15(2)11-21-17(33)13-23(41-21)27-28(24-14-18(34)22(42-24)12-16(3)4)36-30-26(20-8-6-10-40-20)32-31(37-43-38-32)25(29(30)35-27)19-7-5-9-39-19/h5-10,13-16H,11-12H2,1-4H3. The summed E-state index contributed by atoms with van der Waals surface area (Å²) in [6.07, 6.45) is 1.83. The van der Waals surface area contributed by atoms with Crippen LogP contribution in [0.25, 0.3) is 64.1 Å². The highest BCUT2D eigenvalue weighted by atomic mass is 35.5.